The number of amides is 1. The number of alkyl halides is 4. The van der Waals surface area contributed by atoms with Crippen LogP contribution >= 0.6 is 15.9 Å². The van der Waals surface area contributed by atoms with Crippen LogP contribution in [-0.2, 0) is 4.79 Å². The third-order valence-electron chi connectivity index (χ3n) is 0.942. The molecule has 2 nitrogen and oxygen atoms in total. The van der Waals surface area contributed by atoms with Crippen LogP contribution in [0.25, 0.3) is 0 Å². The summed E-state index contributed by atoms with van der Waals surface area (Å²) >= 11 is 3.09. The van der Waals surface area contributed by atoms with Gasteiger partial charge in [-0.15, -0.1) is 0 Å². The summed E-state index contributed by atoms with van der Waals surface area (Å²) in [5.41, 5.74) is 0. The van der Waals surface area contributed by atoms with Crippen molar-refractivity contribution >= 4 is 21.8 Å². The fraction of sp³-hybridized carbons (Fsp3) is 0.833. The van der Waals surface area contributed by atoms with Crippen molar-refractivity contribution in [1.82, 2.24) is 5.32 Å². The Morgan fingerprint density at radius 3 is 2.42 bits per heavy atom. The first kappa shape index (κ1) is 11.7. The lowest BCUT2D eigenvalue weighted by Crippen LogP contribution is -2.31. The van der Waals surface area contributed by atoms with Crippen molar-refractivity contribution in [3.8, 4) is 0 Å². The third-order valence-corrected chi connectivity index (χ3v) is 1.27. The van der Waals surface area contributed by atoms with E-state index in [9.17, 15) is 18.0 Å². The SMILES string of the molecule is CC(Br)CNC(=O)CC(F)(F)F. The first-order valence-electron chi connectivity index (χ1n) is 3.29. The van der Waals surface area contributed by atoms with Crippen molar-refractivity contribution in [3.05, 3.63) is 0 Å². The molecule has 72 valence electrons. The maximum Gasteiger partial charge on any atom is 0.397 e. The maximum atomic E-state index is 11.6. The molecule has 12 heavy (non-hydrogen) atoms. The van der Waals surface area contributed by atoms with Crippen LogP contribution in [-0.4, -0.2) is 23.5 Å². The first-order valence-corrected chi connectivity index (χ1v) is 4.20. The summed E-state index contributed by atoms with van der Waals surface area (Å²) in [6.45, 7) is 1.93. The summed E-state index contributed by atoms with van der Waals surface area (Å²) in [6.07, 6.45) is -5.83. The van der Waals surface area contributed by atoms with Crippen LogP contribution in [0.3, 0.4) is 0 Å². The zero-order valence-corrected chi connectivity index (χ0v) is 8.00. The highest BCUT2D eigenvalue weighted by Crippen LogP contribution is 2.18. The Kier molecular flexibility index (Phi) is 4.59. The molecular formula is C6H9BrF3NO. The van der Waals surface area contributed by atoms with Crippen molar-refractivity contribution < 1.29 is 18.0 Å². The largest absolute Gasteiger partial charge is 0.397 e. The zero-order chi connectivity index (χ0) is 9.78. The third kappa shape index (κ3) is 7.84. The van der Waals surface area contributed by atoms with E-state index in [-0.39, 0.29) is 11.4 Å². The number of carbonyl (C=O) groups is 1. The summed E-state index contributed by atoms with van der Waals surface area (Å²) in [4.78, 5) is 10.5. The van der Waals surface area contributed by atoms with Gasteiger partial charge in [-0.3, -0.25) is 4.79 Å². The van der Waals surface area contributed by atoms with Crippen molar-refractivity contribution in [3.63, 3.8) is 0 Å². The number of halogens is 4. The van der Waals surface area contributed by atoms with Gasteiger partial charge in [-0.2, -0.15) is 13.2 Å². The molecule has 6 heteroatoms. The van der Waals surface area contributed by atoms with Crippen molar-refractivity contribution in [1.29, 1.82) is 0 Å². The normalized spacial score (nSPS) is 14.1. The molecule has 0 aromatic rings. The molecule has 1 atom stereocenters. The molecule has 0 heterocycles. The van der Waals surface area contributed by atoms with E-state index in [2.05, 4.69) is 21.2 Å². The molecule has 0 fully saturated rings. The summed E-state index contributed by atoms with van der Waals surface area (Å²) in [6, 6.07) is 0. The van der Waals surface area contributed by atoms with Gasteiger partial charge in [0.05, 0.1) is 0 Å². The van der Waals surface area contributed by atoms with Crippen molar-refractivity contribution in [2.24, 2.45) is 0 Å². The second kappa shape index (κ2) is 4.69. The summed E-state index contributed by atoms with van der Waals surface area (Å²) in [5, 5.41) is 2.13. The Morgan fingerprint density at radius 2 is 2.08 bits per heavy atom. The molecule has 1 unspecified atom stereocenters. The molecule has 1 N–H and O–H groups in total. The van der Waals surface area contributed by atoms with Gasteiger partial charge in [-0.25, -0.2) is 0 Å². The van der Waals surface area contributed by atoms with Gasteiger partial charge in [0, 0.05) is 11.4 Å². The molecule has 0 saturated carbocycles. The van der Waals surface area contributed by atoms with Gasteiger partial charge in [0.25, 0.3) is 0 Å². The summed E-state index contributed by atoms with van der Waals surface area (Å²) in [7, 11) is 0. The lowest BCUT2D eigenvalue weighted by Gasteiger charge is -2.08. The quantitative estimate of drug-likeness (QED) is 0.758. The molecule has 0 radical (unpaired) electrons. The number of hydrogen-bond acceptors (Lipinski definition) is 1. The molecule has 0 aliphatic heterocycles. The molecular weight excluding hydrogens is 239 g/mol. The fourth-order valence-corrected chi connectivity index (χ4v) is 0.661. The Morgan fingerprint density at radius 1 is 1.58 bits per heavy atom. The predicted octanol–water partition coefficient (Wildman–Crippen LogP) is 1.84. The van der Waals surface area contributed by atoms with E-state index in [0.29, 0.717) is 0 Å². The molecule has 0 spiro atoms. The standard InChI is InChI=1S/C6H9BrF3NO/c1-4(7)3-11-5(12)2-6(8,9)10/h4H,2-3H2,1H3,(H,11,12). The van der Waals surface area contributed by atoms with Gasteiger partial charge >= 0.3 is 6.18 Å². The van der Waals surface area contributed by atoms with Crippen LogP contribution < -0.4 is 5.32 Å². The summed E-state index contributed by atoms with van der Waals surface area (Å²) < 4.78 is 34.7. The Bertz CT molecular complexity index is 157. The number of nitrogens with one attached hydrogen (secondary N) is 1. The van der Waals surface area contributed by atoms with E-state index >= 15 is 0 Å². The second-order valence-electron chi connectivity index (χ2n) is 2.38. The van der Waals surface area contributed by atoms with E-state index in [0.717, 1.165) is 0 Å². The van der Waals surface area contributed by atoms with Crippen molar-refractivity contribution in [2.45, 2.75) is 24.3 Å². The van der Waals surface area contributed by atoms with Gasteiger partial charge in [-0.1, -0.05) is 22.9 Å². The lowest BCUT2D eigenvalue weighted by molar-refractivity contribution is -0.153. The van der Waals surface area contributed by atoms with E-state index < -0.39 is 18.5 Å². The molecule has 0 bridgehead atoms. The molecule has 0 aliphatic rings. The van der Waals surface area contributed by atoms with E-state index in [1.54, 1.807) is 6.92 Å². The van der Waals surface area contributed by atoms with Crippen LogP contribution in [0.15, 0.2) is 0 Å². The molecule has 1 amide bonds. The Balaban J connectivity index is 3.61. The van der Waals surface area contributed by atoms with Crippen LogP contribution in [0.4, 0.5) is 13.2 Å². The molecule has 0 rings (SSSR count). The van der Waals surface area contributed by atoms with Crippen molar-refractivity contribution in [2.75, 3.05) is 6.54 Å². The van der Waals surface area contributed by atoms with Crippen LogP contribution in [0.1, 0.15) is 13.3 Å². The maximum absolute atomic E-state index is 11.6. The minimum atomic E-state index is -4.42. The average molecular weight is 248 g/mol. The van der Waals surface area contributed by atoms with E-state index in [1.165, 1.54) is 0 Å². The second-order valence-corrected chi connectivity index (χ2v) is 3.94. The lowest BCUT2D eigenvalue weighted by atomic mass is 10.4. The average Bonchev–Trinajstić information content (AvgIpc) is 1.79. The Hall–Kier alpha value is -0.260. The highest BCUT2D eigenvalue weighted by molar-refractivity contribution is 9.09. The summed E-state index contributed by atoms with van der Waals surface area (Å²) in [5.74, 6) is -0.992. The van der Waals surface area contributed by atoms with Crippen LogP contribution in [0.5, 0.6) is 0 Å². The highest BCUT2D eigenvalue weighted by atomic mass is 79.9. The van der Waals surface area contributed by atoms with E-state index in [4.69, 9.17) is 0 Å². The number of rotatable bonds is 3. The monoisotopic (exact) mass is 247 g/mol. The zero-order valence-electron chi connectivity index (χ0n) is 6.41. The van der Waals surface area contributed by atoms with Gasteiger partial charge in [-0.05, 0) is 0 Å². The minimum absolute atomic E-state index is 0.0188. The number of hydrogen-bond donors (Lipinski definition) is 1. The molecule has 0 aromatic carbocycles. The number of carbonyl (C=O) groups excluding carboxylic acids is 1. The van der Waals surface area contributed by atoms with Gasteiger partial charge in [0.2, 0.25) is 5.91 Å². The van der Waals surface area contributed by atoms with E-state index in [1.807, 2.05) is 0 Å². The molecule has 0 aliphatic carbocycles. The molecule has 0 aromatic heterocycles. The minimum Gasteiger partial charge on any atom is -0.355 e. The molecule has 0 saturated heterocycles. The van der Waals surface area contributed by atoms with Gasteiger partial charge < -0.3 is 5.32 Å². The van der Waals surface area contributed by atoms with Crippen LogP contribution in [0, 0.1) is 0 Å². The highest BCUT2D eigenvalue weighted by Gasteiger charge is 2.30. The fourth-order valence-electron chi connectivity index (χ4n) is 0.499. The predicted molar refractivity (Wildman–Crippen MR) is 42.1 cm³/mol. The smallest absolute Gasteiger partial charge is 0.355 e. The van der Waals surface area contributed by atoms with Crippen LogP contribution in [0.2, 0.25) is 0 Å². The topological polar surface area (TPSA) is 29.1 Å². The van der Waals surface area contributed by atoms with Gasteiger partial charge in [0.1, 0.15) is 6.42 Å². The van der Waals surface area contributed by atoms with Gasteiger partial charge in [0.15, 0.2) is 0 Å². The first-order chi connectivity index (χ1) is 5.31. The Labute approximate surface area is 76.6 Å².